The topological polar surface area (TPSA) is 66.1 Å². The quantitative estimate of drug-likeness (QED) is 0.886. The number of thioether (sulfide) groups is 1. The van der Waals surface area contributed by atoms with Gasteiger partial charge in [0.2, 0.25) is 0 Å². The Kier molecular flexibility index (Phi) is 4.41. The summed E-state index contributed by atoms with van der Waals surface area (Å²) in [6.45, 7) is 1.48. The number of likely N-dealkylation sites (tertiary alicyclic amines) is 1. The molecule has 1 amide bonds. The van der Waals surface area contributed by atoms with E-state index in [0.717, 1.165) is 31.7 Å². The third-order valence-electron chi connectivity index (χ3n) is 3.16. The molecule has 0 unspecified atom stereocenters. The lowest BCUT2D eigenvalue weighted by Gasteiger charge is -2.32. The first kappa shape index (κ1) is 13.1. The summed E-state index contributed by atoms with van der Waals surface area (Å²) in [7, 11) is 0. The maximum absolute atomic E-state index is 12.2. The van der Waals surface area contributed by atoms with Gasteiger partial charge in [-0.15, -0.1) is 0 Å². The predicted molar refractivity (Wildman–Crippen MR) is 71.9 cm³/mol. The van der Waals surface area contributed by atoms with Gasteiger partial charge >= 0.3 is 0 Å². The number of hydrogen-bond acceptors (Lipinski definition) is 4. The number of carbonyl (C=O) groups excluding carboxylic acids is 1. The highest BCUT2D eigenvalue weighted by Gasteiger charge is 2.25. The molecule has 0 aromatic carbocycles. The summed E-state index contributed by atoms with van der Waals surface area (Å²) >= 11 is 1.80. The molecule has 1 atom stereocenters. The summed E-state index contributed by atoms with van der Waals surface area (Å²) in [6, 6.07) is 0. The van der Waals surface area contributed by atoms with Crippen LogP contribution in [0.2, 0.25) is 0 Å². The summed E-state index contributed by atoms with van der Waals surface area (Å²) in [5.41, 5.74) is -0.218. The molecule has 0 saturated carbocycles. The Morgan fingerprint density at radius 3 is 3.22 bits per heavy atom. The molecule has 2 heterocycles. The molecule has 1 saturated heterocycles. The molecule has 0 spiro atoms. The van der Waals surface area contributed by atoms with Gasteiger partial charge in [0.15, 0.2) is 0 Å². The van der Waals surface area contributed by atoms with E-state index in [9.17, 15) is 9.59 Å². The molecule has 1 N–H and O–H groups in total. The van der Waals surface area contributed by atoms with Gasteiger partial charge in [0.1, 0.15) is 5.56 Å². The maximum atomic E-state index is 12.2. The number of aromatic amines is 1. The fraction of sp³-hybridized carbons (Fsp3) is 0.583. The lowest BCUT2D eigenvalue weighted by Crippen LogP contribution is -2.42. The highest BCUT2D eigenvalue weighted by molar-refractivity contribution is 7.98. The van der Waals surface area contributed by atoms with Crippen LogP contribution in [0.3, 0.4) is 0 Å². The van der Waals surface area contributed by atoms with Crippen molar-refractivity contribution in [3.63, 3.8) is 0 Å². The average molecular weight is 267 g/mol. The van der Waals surface area contributed by atoms with Gasteiger partial charge in [0.25, 0.3) is 11.5 Å². The van der Waals surface area contributed by atoms with Crippen LogP contribution in [-0.4, -0.2) is 45.9 Å². The van der Waals surface area contributed by atoms with Crippen molar-refractivity contribution in [2.24, 2.45) is 5.92 Å². The van der Waals surface area contributed by atoms with Crippen molar-refractivity contribution in [1.82, 2.24) is 14.9 Å². The summed E-state index contributed by atoms with van der Waals surface area (Å²) in [5, 5.41) is 0. The minimum Gasteiger partial charge on any atom is -0.338 e. The van der Waals surface area contributed by atoms with Gasteiger partial charge in [-0.05, 0) is 30.8 Å². The normalized spacial score (nSPS) is 19.8. The van der Waals surface area contributed by atoms with E-state index in [1.165, 1.54) is 12.5 Å². The van der Waals surface area contributed by atoms with Crippen LogP contribution >= 0.6 is 11.8 Å². The van der Waals surface area contributed by atoms with E-state index >= 15 is 0 Å². The molecule has 5 nitrogen and oxygen atoms in total. The number of carbonyl (C=O) groups is 1. The van der Waals surface area contributed by atoms with Crippen molar-refractivity contribution in [2.45, 2.75) is 12.8 Å². The Bertz CT molecular complexity index is 472. The number of piperidine rings is 1. The van der Waals surface area contributed by atoms with Crippen LogP contribution in [-0.2, 0) is 0 Å². The van der Waals surface area contributed by atoms with Crippen molar-refractivity contribution < 1.29 is 4.79 Å². The molecule has 1 aromatic heterocycles. The number of nitrogens with zero attached hydrogens (tertiary/aromatic N) is 2. The third-order valence-corrected chi connectivity index (χ3v) is 3.96. The predicted octanol–water partition coefficient (Wildman–Crippen LogP) is 0.985. The Hall–Kier alpha value is -1.30. The number of amides is 1. The molecule has 1 aliphatic rings. The van der Waals surface area contributed by atoms with E-state index in [1.807, 2.05) is 0 Å². The highest BCUT2D eigenvalue weighted by Crippen LogP contribution is 2.20. The Morgan fingerprint density at radius 1 is 1.67 bits per heavy atom. The minimum absolute atomic E-state index is 0.141. The average Bonchev–Trinajstić information content (AvgIpc) is 2.39. The Morgan fingerprint density at radius 2 is 2.50 bits per heavy atom. The van der Waals surface area contributed by atoms with Crippen LogP contribution in [0.1, 0.15) is 23.2 Å². The largest absolute Gasteiger partial charge is 0.338 e. The fourth-order valence-corrected chi connectivity index (χ4v) is 3.03. The van der Waals surface area contributed by atoms with Crippen molar-refractivity contribution in [3.05, 3.63) is 28.4 Å². The van der Waals surface area contributed by atoms with Gasteiger partial charge in [0, 0.05) is 19.3 Å². The number of nitrogens with one attached hydrogen (secondary N) is 1. The molecular formula is C12H17N3O2S. The number of H-pyrrole nitrogens is 1. The fourth-order valence-electron chi connectivity index (χ4n) is 2.29. The van der Waals surface area contributed by atoms with Crippen molar-refractivity contribution >= 4 is 17.7 Å². The molecule has 98 valence electrons. The van der Waals surface area contributed by atoms with Crippen LogP contribution in [0, 0.1) is 5.92 Å². The molecule has 0 aliphatic carbocycles. The molecule has 1 aliphatic heterocycles. The second-order valence-corrected chi connectivity index (χ2v) is 5.42. The molecule has 6 heteroatoms. The summed E-state index contributed by atoms with van der Waals surface area (Å²) in [4.78, 5) is 31.8. The zero-order chi connectivity index (χ0) is 13.0. The van der Waals surface area contributed by atoms with E-state index in [0.29, 0.717) is 5.92 Å². The highest BCUT2D eigenvalue weighted by atomic mass is 32.2. The van der Waals surface area contributed by atoms with E-state index in [1.54, 1.807) is 16.7 Å². The van der Waals surface area contributed by atoms with Crippen LogP contribution in [0.25, 0.3) is 0 Å². The van der Waals surface area contributed by atoms with Crippen LogP contribution in [0.4, 0.5) is 0 Å². The Balaban J connectivity index is 2.09. The molecule has 18 heavy (non-hydrogen) atoms. The zero-order valence-electron chi connectivity index (χ0n) is 10.4. The van der Waals surface area contributed by atoms with Crippen molar-refractivity contribution in [3.8, 4) is 0 Å². The van der Waals surface area contributed by atoms with Crippen LogP contribution in [0.15, 0.2) is 17.3 Å². The summed E-state index contributed by atoms with van der Waals surface area (Å²) in [6.07, 6.45) is 6.89. The molecular weight excluding hydrogens is 250 g/mol. The molecule has 0 bridgehead atoms. The first-order valence-corrected chi connectivity index (χ1v) is 7.42. The van der Waals surface area contributed by atoms with E-state index in [-0.39, 0.29) is 17.0 Å². The minimum atomic E-state index is -0.359. The first-order chi connectivity index (χ1) is 8.72. The molecule has 2 rings (SSSR count). The van der Waals surface area contributed by atoms with Gasteiger partial charge in [0.05, 0.1) is 6.33 Å². The Labute approximate surface area is 110 Å². The smallest absolute Gasteiger partial charge is 0.263 e. The lowest BCUT2D eigenvalue weighted by atomic mass is 9.99. The molecule has 1 aromatic rings. The summed E-state index contributed by atoms with van der Waals surface area (Å²) in [5.74, 6) is 1.40. The third kappa shape index (κ3) is 2.93. The maximum Gasteiger partial charge on any atom is 0.263 e. The second kappa shape index (κ2) is 6.04. The standard InChI is InChI=1S/C12H17N3O2S/c1-18-7-9-3-2-4-15(6-9)12(17)10-5-13-8-14-11(10)16/h5,8-9H,2-4,6-7H2,1H3,(H,13,14,16)/t9-/m1/s1. The van der Waals surface area contributed by atoms with E-state index in [2.05, 4.69) is 16.2 Å². The lowest BCUT2D eigenvalue weighted by molar-refractivity contribution is 0.0683. The number of rotatable bonds is 3. The van der Waals surface area contributed by atoms with E-state index < -0.39 is 0 Å². The van der Waals surface area contributed by atoms with Gasteiger partial charge in [-0.1, -0.05) is 0 Å². The monoisotopic (exact) mass is 267 g/mol. The molecule has 1 fully saturated rings. The first-order valence-electron chi connectivity index (χ1n) is 6.03. The molecule has 0 radical (unpaired) electrons. The van der Waals surface area contributed by atoms with Crippen molar-refractivity contribution in [2.75, 3.05) is 25.1 Å². The number of aromatic nitrogens is 2. The van der Waals surface area contributed by atoms with Crippen molar-refractivity contribution in [1.29, 1.82) is 0 Å². The SMILES string of the molecule is CSC[C@@H]1CCCN(C(=O)c2cnc[nH]c2=O)C1. The van der Waals surface area contributed by atoms with E-state index in [4.69, 9.17) is 0 Å². The second-order valence-electron chi connectivity index (χ2n) is 4.51. The summed E-state index contributed by atoms with van der Waals surface area (Å²) < 4.78 is 0. The van der Waals surface area contributed by atoms with Gasteiger partial charge in [-0.2, -0.15) is 11.8 Å². The zero-order valence-corrected chi connectivity index (χ0v) is 11.2. The van der Waals surface area contributed by atoms with Gasteiger partial charge < -0.3 is 9.88 Å². The number of hydrogen-bond donors (Lipinski definition) is 1. The van der Waals surface area contributed by atoms with Crippen LogP contribution in [0.5, 0.6) is 0 Å². The van der Waals surface area contributed by atoms with Gasteiger partial charge in [-0.25, -0.2) is 4.98 Å². The van der Waals surface area contributed by atoms with Crippen LogP contribution < -0.4 is 5.56 Å². The van der Waals surface area contributed by atoms with Gasteiger partial charge in [-0.3, -0.25) is 9.59 Å².